The molecule has 0 aliphatic heterocycles. The summed E-state index contributed by atoms with van der Waals surface area (Å²) in [5.74, 6) is -0.217. The van der Waals surface area contributed by atoms with Crippen molar-refractivity contribution in [2.45, 2.75) is 31.9 Å². The Bertz CT molecular complexity index is 547. The van der Waals surface area contributed by atoms with E-state index in [1.54, 1.807) is 24.3 Å². The zero-order chi connectivity index (χ0) is 16.1. The van der Waals surface area contributed by atoms with E-state index in [9.17, 15) is 18.4 Å². The van der Waals surface area contributed by atoms with Gasteiger partial charge < -0.3 is 15.5 Å². The van der Waals surface area contributed by atoms with Gasteiger partial charge in [-0.05, 0) is 30.5 Å². The van der Waals surface area contributed by atoms with E-state index in [1.165, 1.54) is 11.9 Å². The smallest absolute Gasteiger partial charge is 0.318 e. The number of hydrogen-bond acceptors (Lipinski definition) is 2. The second-order valence-electron chi connectivity index (χ2n) is 5.21. The highest BCUT2D eigenvalue weighted by Gasteiger charge is 2.34. The van der Waals surface area contributed by atoms with Crippen LogP contribution in [0.25, 0.3) is 0 Å². The molecular weight excluding hydrogens is 292 g/mol. The van der Waals surface area contributed by atoms with Crippen molar-refractivity contribution < 1.29 is 18.4 Å². The van der Waals surface area contributed by atoms with Crippen molar-refractivity contribution in [1.29, 1.82) is 0 Å². The van der Waals surface area contributed by atoms with Gasteiger partial charge in [-0.25, -0.2) is 13.6 Å². The van der Waals surface area contributed by atoms with Gasteiger partial charge in [0.2, 0.25) is 0 Å². The van der Waals surface area contributed by atoms with E-state index in [0.717, 1.165) is 18.4 Å². The fraction of sp³-hybridized carbons (Fsp3) is 0.467. The Morgan fingerprint density at radius 3 is 2.68 bits per heavy atom. The molecule has 7 heteroatoms. The molecule has 0 atom stereocenters. The normalized spacial score (nSPS) is 13.8. The van der Waals surface area contributed by atoms with Gasteiger partial charge in [-0.2, -0.15) is 0 Å². The zero-order valence-corrected chi connectivity index (χ0v) is 12.3. The molecule has 0 bridgehead atoms. The van der Waals surface area contributed by atoms with Crippen LogP contribution in [0, 0.1) is 0 Å². The fourth-order valence-corrected chi connectivity index (χ4v) is 2.18. The average Bonchev–Trinajstić information content (AvgIpc) is 3.34. The molecule has 1 aromatic rings. The number of nitrogens with zero attached hydrogens (tertiary/aromatic N) is 1. The van der Waals surface area contributed by atoms with E-state index >= 15 is 0 Å². The molecule has 22 heavy (non-hydrogen) atoms. The maximum absolute atomic E-state index is 12.5. The van der Waals surface area contributed by atoms with E-state index in [1.807, 2.05) is 0 Å². The average molecular weight is 311 g/mol. The number of benzene rings is 1. The third-order valence-corrected chi connectivity index (χ3v) is 3.44. The molecule has 1 aromatic carbocycles. The van der Waals surface area contributed by atoms with Crippen LogP contribution in [0.3, 0.4) is 0 Å². The van der Waals surface area contributed by atoms with Crippen LogP contribution in [0.4, 0.5) is 13.6 Å². The van der Waals surface area contributed by atoms with Crippen molar-refractivity contribution in [1.82, 2.24) is 15.5 Å². The number of alkyl halides is 2. The lowest BCUT2D eigenvalue weighted by molar-refractivity contribution is 0.0952. The Hall–Kier alpha value is -2.18. The number of urea groups is 1. The number of halogens is 2. The standard InChI is InChI=1S/C15H19F2N3O2/c1-18-14(21)11-4-2-3-10(7-11)8-19-15(22)20(9-13(16)17)12-5-6-12/h2-4,7,12-13H,5-6,8-9H2,1H3,(H,18,21)(H,19,22). The minimum atomic E-state index is -2.54. The van der Waals surface area contributed by atoms with E-state index in [-0.39, 0.29) is 18.5 Å². The Kier molecular flexibility index (Phi) is 5.30. The first-order chi connectivity index (χ1) is 10.5. The van der Waals surface area contributed by atoms with Crippen molar-refractivity contribution >= 4 is 11.9 Å². The quantitative estimate of drug-likeness (QED) is 0.844. The second-order valence-corrected chi connectivity index (χ2v) is 5.21. The first-order valence-electron chi connectivity index (χ1n) is 7.15. The highest BCUT2D eigenvalue weighted by atomic mass is 19.3. The van der Waals surface area contributed by atoms with Crippen LogP contribution in [0.2, 0.25) is 0 Å². The van der Waals surface area contributed by atoms with E-state index in [2.05, 4.69) is 10.6 Å². The molecule has 0 radical (unpaired) electrons. The fourth-order valence-electron chi connectivity index (χ4n) is 2.18. The molecule has 0 spiro atoms. The van der Waals surface area contributed by atoms with Crippen molar-refractivity contribution in [3.8, 4) is 0 Å². The third-order valence-electron chi connectivity index (χ3n) is 3.44. The molecule has 2 rings (SSSR count). The first kappa shape index (κ1) is 16.2. The second kappa shape index (κ2) is 7.20. The van der Waals surface area contributed by atoms with Crippen LogP contribution < -0.4 is 10.6 Å². The third kappa shape index (κ3) is 4.41. The molecule has 3 amide bonds. The Labute approximate surface area is 127 Å². The summed E-state index contributed by atoms with van der Waals surface area (Å²) in [4.78, 5) is 24.7. The molecule has 2 N–H and O–H groups in total. The molecule has 120 valence electrons. The van der Waals surface area contributed by atoms with Crippen molar-refractivity contribution in [3.05, 3.63) is 35.4 Å². The summed E-state index contributed by atoms with van der Waals surface area (Å²) in [6.07, 6.45) is -0.999. The van der Waals surface area contributed by atoms with Crippen LogP contribution in [0.5, 0.6) is 0 Å². The summed E-state index contributed by atoms with van der Waals surface area (Å²) < 4.78 is 25.0. The van der Waals surface area contributed by atoms with Gasteiger partial charge in [-0.15, -0.1) is 0 Å². The summed E-state index contributed by atoms with van der Waals surface area (Å²) in [5.41, 5.74) is 1.23. The topological polar surface area (TPSA) is 61.4 Å². The van der Waals surface area contributed by atoms with Gasteiger partial charge in [0.15, 0.2) is 0 Å². The van der Waals surface area contributed by atoms with Gasteiger partial charge >= 0.3 is 6.03 Å². The molecule has 1 fully saturated rings. The van der Waals surface area contributed by atoms with Crippen LogP contribution in [0.1, 0.15) is 28.8 Å². The maximum Gasteiger partial charge on any atom is 0.318 e. The SMILES string of the molecule is CNC(=O)c1cccc(CNC(=O)N(CC(F)F)C2CC2)c1. The van der Waals surface area contributed by atoms with E-state index in [4.69, 9.17) is 0 Å². The predicted octanol–water partition coefficient (Wildman–Crippen LogP) is 1.99. The Morgan fingerprint density at radius 2 is 2.09 bits per heavy atom. The molecule has 1 aliphatic carbocycles. The van der Waals surface area contributed by atoms with Gasteiger partial charge in [0.1, 0.15) is 0 Å². The van der Waals surface area contributed by atoms with Crippen LogP contribution in [-0.2, 0) is 6.54 Å². The Balaban J connectivity index is 1.93. The lowest BCUT2D eigenvalue weighted by Crippen LogP contribution is -2.43. The van der Waals surface area contributed by atoms with Crippen molar-refractivity contribution in [3.63, 3.8) is 0 Å². The molecule has 0 unspecified atom stereocenters. The molecule has 0 aromatic heterocycles. The Morgan fingerprint density at radius 1 is 1.36 bits per heavy atom. The van der Waals surface area contributed by atoms with Crippen LogP contribution in [0.15, 0.2) is 24.3 Å². The summed E-state index contributed by atoms with van der Waals surface area (Å²) in [7, 11) is 1.54. The van der Waals surface area contributed by atoms with Crippen molar-refractivity contribution in [2.75, 3.05) is 13.6 Å². The highest BCUT2D eigenvalue weighted by molar-refractivity contribution is 5.94. The van der Waals surface area contributed by atoms with Gasteiger partial charge in [0, 0.05) is 25.2 Å². The number of rotatable bonds is 6. The number of carbonyl (C=O) groups excluding carboxylic acids is 2. The van der Waals surface area contributed by atoms with Gasteiger partial charge in [0.25, 0.3) is 12.3 Å². The summed E-state index contributed by atoms with van der Waals surface area (Å²) >= 11 is 0. The molecule has 0 heterocycles. The number of nitrogens with one attached hydrogen (secondary N) is 2. The molecule has 0 saturated heterocycles. The van der Waals surface area contributed by atoms with E-state index in [0.29, 0.717) is 5.56 Å². The molecule has 1 aliphatic rings. The lowest BCUT2D eigenvalue weighted by atomic mass is 10.1. The minimum Gasteiger partial charge on any atom is -0.355 e. The lowest BCUT2D eigenvalue weighted by Gasteiger charge is -2.22. The highest BCUT2D eigenvalue weighted by Crippen LogP contribution is 2.27. The number of hydrogen-bond donors (Lipinski definition) is 2. The summed E-state index contributed by atoms with van der Waals surface area (Å²) in [6, 6.07) is 6.23. The zero-order valence-electron chi connectivity index (χ0n) is 12.3. The molecule has 1 saturated carbocycles. The summed E-state index contributed by atoms with van der Waals surface area (Å²) in [5, 5.41) is 5.15. The van der Waals surface area contributed by atoms with Gasteiger partial charge in [0.05, 0.1) is 6.54 Å². The number of amides is 3. The van der Waals surface area contributed by atoms with Gasteiger partial charge in [-0.1, -0.05) is 12.1 Å². The largest absolute Gasteiger partial charge is 0.355 e. The maximum atomic E-state index is 12.5. The summed E-state index contributed by atoms with van der Waals surface area (Å²) in [6.45, 7) is -0.356. The first-order valence-corrected chi connectivity index (χ1v) is 7.15. The van der Waals surface area contributed by atoms with E-state index < -0.39 is 19.0 Å². The molecule has 5 nitrogen and oxygen atoms in total. The predicted molar refractivity (Wildman–Crippen MR) is 77.8 cm³/mol. The van der Waals surface area contributed by atoms with Crippen LogP contribution >= 0.6 is 0 Å². The van der Waals surface area contributed by atoms with Gasteiger partial charge in [-0.3, -0.25) is 4.79 Å². The monoisotopic (exact) mass is 311 g/mol. The van der Waals surface area contributed by atoms with Crippen LogP contribution in [-0.4, -0.2) is 42.9 Å². The van der Waals surface area contributed by atoms with Crippen molar-refractivity contribution in [2.24, 2.45) is 0 Å². The number of carbonyl (C=O) groups is 2. The minimum absolute atomic E-state index is 0.0776. The molecular formula is C15H19F2N3O2.